The molecule has 0 saturated carbocycles. The highest BCUT2D eigenvalue weighted by Crippen LogP contribution is 2.23. The third-order valence-electron chi connectivity index (χ3n) is 4.38. The molecule has 0 aliphatic heterocycles. The molecular weight excluding hydrogens is 384 g/mol. The Morgan fingerprint density at radius 3 is 2.41 bits per heavy atom. The second-order valence-electron chi connectivity index (χ2n) is 6.80. The van der Waals surface area contributed by atoms with E-state index < -0.39 is 5.97 Å². The van der Waals surface area contributed by atoms with Crippen LogP contribution in [-0.4, -0.2) is 38.3 Å². The van der Waals surface area contributed by atoms with Crippen molar-refractivity contribution >= 4 is 40.1 Å². The van der Waals surface area contributed by atoms with Gasteiger partial charge in [-0.2, -0.15) is 0 Å². The van der Waals surface area contributed by atoms with Crippen LogP contribution in [0.1, 0.15) is 5.56 Å². The molecule has 0 heterocycles. The number of hydrogen-bond acceptors (Lipinski definition) is 5. The number of amides is 1. The first kappa shape index (κ1) is 20.7. The number of thioether (sulfide) groups is 1. The largest absolute Gasteiger partial charge is 0.455 e. The molecule has 0 aliphatic rings. The summed E-state index contributed by atoms with van der Waals surface area (Å²) in [6, 6.07) is 22.0. The molecule has 3 aromatic carbocycles. The van der Waals surface area contributed by atoms with Crippen LogP contribution in [0.15, 0.2) is 71.6 Å². The first-order chi connectivity index (χ1) is 14.0. The van der Waals surface area contributed by atoms with Crippen LogP contribution in [0.4, 0.5) is 5.69 Å². The SMILES string of the molecule is CN(C)c1ccc(CNC(=O)COC(=O)CSc2ccc3ccccc3c2)cc1. The fourth-order valence-electron chi connectivity index (χ4n) is 2.75. The molecule has 0 atom stereocenters. The molecule has 150 valence electrons. The van der Waals surface area contributed by atoms with Crippen molar-refractivity contribution in [2.45, 2.75) is 11.4 Å². The number of esters is 1. The van der Waals surface area contributed by atoms with E-state index in [1.807, 2.05) is 85.7 Å². The highest BCUT2D eigenvalue weighted by Gasteiger charge is 2.09. The van der Waals surface area contributed by atoms with E-state index in [1.165, 1.54) is 11.8 Å². The molecule has 1 amide bonds. The Hall–Kier alpha value is -2.99. The molecule has 0 spiro atoms. The van der Waals surface area contributed by atoms with Crippen LogP contribution in [0.25, 0.3) is 10.8 Å². The molecule has 0 saturated heterocycles. The summed E-state index contributed by atoms with van der Waals surface area (Å²) < 4.78 is 5.07. The number of carbonyl (C=O) groups excluding carboxylic acids is 2. The Labute approximate surface area is 175 Å². The summed E-state index contributed by atoms with van der Waals surface area (Å²) in [4.78, 5) is 26.8. The Kier molecular flexibility index (Phi) is 7.14. The summed E-state index contributed by atoms with van der Waals surface area (Å²) in [5.41, 5.74) is 2.08. The molecule has 1 N–H and O–H groups in total. The van der Waals surface area contributed by atoms with Gasteiger partial charge in [0.1, 0.15) is 0 Å². The van der Waals surface area contributed by atoms with Crippen molar-refractivity contribution in [1.29, 1.82) is 0 Å². The highest BCUT2D eigenvalue weighted by atomic mass is 32.2. The molecule has 0 fully saturated rings. The van der Waals surface area contributed by atoms with Crippen molar-refractivity contribution < 1.29 is 14.3 Å². The monoisotopic (exact) mass is 408 g/mol. The summed E-state index contributed by atoms with van der Waals surface area (Å²) in [5, 5.41) is 5.05. The van der Waals surface area contributed by atoms with Gasteiger partial charge >= 0.3 is 5.97 Å². The van der Waals surface area contributed by atoms with Crippen molar-refractivity contribution in [3.8, 4) is 0 Å². The summed E-state index contributed by atoms with van der Waals surface area (Å²) in [6.45, 7) is 0.128. The van der Waals surface area contributed by atoms with Crippen molar-refractivity contribution in [3.05, 3.63) is 72.3 Å². The molecule has 3 rings (SSSR count). The maximum Gasteiger partial charge on any atom is 0.316 e. The first-order valence-corrected chi connectivity index (χ1v) is 10.3. The molecule has 29 heavy (non-hydrogen) atoms. The highest BCUT2D eigenvalue weighted by molar-refractivity contribution is 8.00. The summed E-state index contributed by atoms with van der Waals surface area (Å²) in [6.07, 6.45) is 0. The van der Waals surface area contributed by atoms with E-state index in [9.17, 15) is 9.59 Å². The van der Waals surface area contributed by atoms with Gasteiger partial charge in [0.25, 0.3) is 5.91 Å². The number of rotatable bonds is 8. The van der Waals surface area contributed by atoms with Crippen LogP contribution < -0.4 is 10.2 Å². The number of ether oxygens (including phenoxy) is 1. The minimum absolute atomic E-state index is 0.164. The molecule has 5 nitrogen and oxygen atoms in total. The Balaban J connectivity index is 1.38. The Morgan fingerprint density at radius 2 is 1.69 bits per heavy atom. The minimum atomic E-state index is -0.409. The maximum absolute atomic E-state index is 11.9. The topological polar surface area (TPSA) is 58.6 Å². The summed E-state index contributed by atoms with van der Waals surface area (Å²) in [5.74, 6) is -0.558. The van der Waals surface area contributed by atoms with E-state index in [4.69, 9.17) is 4.74 Å². The molecular formula is C23H24N2O3S. The van der Waals surface area contributed by atoms with Gasteiger partial charge in [0.15, 0.2) is 6.61 Å². The van der Waals surface area contributed by atoms with Gasteiger partial charge < -0.3 is 15.0 Å². The van der Waals surface area contributed by atoms with Gasteiger partial charge in [-0.25, -0.2) is 0 Å². The lowest BCUT2D eigenvalue weighted by atomic mass is 10.1. The second kappa shape index (κ2) is 9.98. The van der Waals surface area contributed by atoms with Gasteiger partial charge in [-0.05, 0) is 40.6 Å². The zero-order valence-electron chi connectivity index (χ0n) is 16.6. The van der Waals surface area contributed by atoms with Gasteiger partial charge in [-0.1, -0.05) is 42.5 Å². The van der Waals surface area contributed by atoms with Gasteiger partial charge in [-0.3, -0.25) is 9.59 Å². The van der Waals surface area contributed by atoms with Crippen LogP contribution in [-0.2, 0) is 20.9 Å². The van der Waals surface area contributed by atoms with E-state index in [-0.39, 0.29) is 18.3 Å². The number of nitrogens with one attached hydrogen (secondary N) is 1. The van der Waals surface area contributed by atoms with E-state index in [2.05, 4.69) is 5.32 Å². The maximum atomic E-state index is 11.9. The number of hydrogen-bond donors (Lipinski definition) is 1. The van der Waals surface area contributed by atoms with E-state index in [0.29, 0.717) is 6.54 Å². The van der Waals surface area contributed by atoms with E-state index in [0.717, 1.165) is 26.9 Å². The minimum Gasteiger partial charge on any atom is -0.455 e. The Bertz CT molecular complexity index is 987. The van der Waals surface area contributed by atoms with Crippen LogP contribution >= 0.6 is 11.8 Å². The van der Waals surface area contributed by atoms with Crippen molar-refractivity contribution in [3.63, 3.8) is 0 Å². The summed E-state index contributed by atoms with van der Waals surface area (Å²) >= 11 is 1.40. The lowest BCUT2D eigenvalue weighted by Gasteiger charge is -2.13. The van der Waals surface area contributed by atoms with Crippen molar-refractivity contribution in [1.82, 2.24) is 5.32 Å². The molecule has 0 aromatic heterocycles. The third kappa shape index (κ3) is 6.26. The fraction of sp³-hybridized carbons (Fsp3) is 0.217. The van der Waals surface area contributed by atoms with Crippen LogP contribution in [0, 0.1) is 0 Å². The van der Waals surface area contributed by atoms with Crippen LogP contribution in [0.2, 0.25) is 0 Å². The summed E-state index contributed by atoms with van der Waals surface area (Å²) in [7, 11) is 3.95. The van der Waals surface area contributed by atoms with Gasteiger partial charge in [-0.15, -0.1) is 11.8 Å². The predicted molar refractivity (Wildman–Crippen MR) is 118 cm³/mol. The number of anilines is 1. The molecule has 6 heteroatoms. The van der Waals surface area contributed by atoms with E-state index >= 15 is 0 Å². The zero-order valence-corrected chi connectivity index (χ0v) is 17.4. The molecule has 0 unspecified atom stereocenters. The average molecular weight is 409 g/mol. The number of benzene rings is 3. The molecule has 0 aliphatic carbocycles. The molecule has 0 bridgehead atoms. The van der Waals surface area contributed by atoms with Crippen LogP contribution in [0.5, 0.6) is 0 Å². The zero-order chi connectivity index (χ0) is 20.6. The lowest BCUT2D eigenvalue weighted by molar-refractivity contribution is -0.145. The molecule has 0 radical (unpaired) electrons. The number of nitrogens with zero attached hydrogens (tertiary/aromatic N) is 1. The standard InChI is InChI=1S/C23H24N2O3S/c1-25(2)20-10-7-17(8-11-20)14-24-22(26)15-28-23(27)16-29-21-12-9-18-5-3-4-6-19(18)13-21/h3-13H,14-16H2,1-2H3,(H,24,26). The van der Waals surface area contributed by atoms with Gasteiger partial charge in [0.2, 0.25) is 0 Å². The fourth-order valence-corrected chi connectivity index (χ4v) is 3.49. The van der Waals surface area contributed by atoms with Gasteiger partial charge in [0.05, 0.1) is 5.75 Å². The second-order valence-corrected chi connectivity index (χ2v) is 7.84. The van der Waals surface area contributed by atoms with E-state index in [1.54, 1.807) is 0 Å². The normalized spacial score (nSPS) is 10.6. The quantitative estimate of drug-likeness (QED) is 0.453. The average Bonchev–Trinajstić information content (AvgIpc) is 2.75. The lowest BCUT2D eigenvalue weighted by Crippen LogP contribution is -2.28. The predicted octanol–water partition coefficient (Wildman–Crippen LogP) is 3.86. The number of fused-ring (bicyclic) bond motifs is 1. The van der Waals surface area contributed by atoms with Gasteiger partial charge in [0, 0.05) is 31.2 Å². The Morgan fingerprint density at radius 1 is 0.966 bits per heavy atom. The number of carbonyl (C=O) groups is 2. The smallest absolute Gasteiger partial charge is 0.316 e. The molecule has 3 aromatic rings. The first-order valence-electron chi connectivity index (χ1n) is 9.31. The van der Waals surface area contributed by atoms with Crippen molar-refractivity contribution in [2.75, 3.05) is 31.4 Å². The van der Waals surface area contributed by atoms with Crippen LogP contribution in [0.3, 0.4) is 0 Å². The third-order valence-corrected chi connectivity index (χ3v) is 5.35. The van der Waals surface area contributed by atoms with Crippen molar-refractivity contribution in [2.24, 2.45) is 0 Å².